The number of anilines is 1. The van der Waals surface area contributed by atoms with Gasteiger partial charge in [-0.2, -0.15) is 4.98 Å². The zero-order valence-electron chi connectivity index (χ0n) is 10.7. The van der Waals surface area contributed by atoms with Gasteiger partial charge >= 0.3 is 0 Å². The second-order valence-electron chi connectivity index (χ2n) is 4.13. The Morgan fingerprint density at radius 2 is 2.05 bits per heavy atom. The van der Waals surface area contributed by atoms with Crippen LogP contribution in [0.15, 0.2) is 46.3 Å². The Kier molecular flexibility index (Phi) is 3.64. The third-order valence-corrected chi connectivity index (χ3v) is 3.61. The SMILES string of the molecule is Nc1ccsc1-c1nc(CCOc2ccccc2)no1. The number of nitrogens with zero attached hydrogens (tertiary/aromatic N) is 2. The summed E-state index contributed by atoms with van der Waals surface area (Å²) in [7, 11) is 0. The van der Waals surface area contributed by atoms with Crippen molar-refractivity contribution in [2.75, 3.05) is 12.3 Å². The first kappa shape index (κ1) is 12.7. The zero-order chi connectivity index (χ0) is 13.8. The maximum absolute atomic E-state index is 5.82. The molecular formula is C14H13N3O2S. The molecule has 0 aliphatic carbocycles. The molecule has 5 nitrogen and oxygen atoms in total. The molecule has 102 valence electrons. The third kappa shape index (κ3) is 2.80. The van der Waals surface area contributed by atoms with Crippen molar-refractivity contribution < 1.29 is 9.26 Å². The van der Waals surface area contributed by atoms with E-state index >= 15 is 0 Å². The average Bonchev–Trinajstić information content (AvgIpc) is 3.09. The Morgan fingerprint density at radius 1 is 1.20 bits per heavy atom. The summed E-state index contributed by atoms with van der Waals surface area (Å²) in [6.45, 7) is 0.503. The molecule has 0 spiro atoms. The van der Waals surface area contributed by atoms with Gasteiger partial charge in [-0.1, -0.05) is 23.4 Å². The van der Waals surface area contributed by atoms with Crippen LogP contribution in [0.2, 0.25) is 0 Å². The van der Waals surface area contributed by atoms with Crippen LogP contribution in [0.3, 0.4) is 0 Å². The Labute approximate surface area is 120 Å². The van der Waals surface area contributed by atoms with Crippen molar-refractivity contribution in [3.63, 3.8) is 0 Å². The number of benzene rings is 1. The van der Waals surface area contributed by atoms with Crippen LogP contribution in [0.1, 0.15) is 5.82 Å². The first-order valence-electron chi connectivity index (χ1n) is 6.17. The first-order chi connectivity index (χ1) is 9.83. The zero-order valence-corrected chi connectivity index (χ0v) is 11.5. The largest absolute Gasteiger partial charge is 0.493 e. The number of nitrogens with two attached hydrogens (primary N) is 1. The molecule has 2 N–H and O–H groups in total. The van der Waals surface area contributed by atoms with Gasteiger partial charge in [-0.25, -0.2) is 0 Å². The summed E-state index contributed by atoms with van der Waals surface area (Å²) in [6.07, 6.45) is 0.587. The lowest BCUT2D eigenvalue weighted by Gasteiger charge is -2.02. The molecule has 0 saturated heterocycles. The number of hydrogen-bond acceptors (Lipinski definition) is 6. The number of para-hydroxylation sites is 1. The summed E-state index contributed by atoms with van der Waals surface area (Å²) in [5, 5.41) is 5.83. The number of aromatic nitrogens is 2. The maximum atomic E-state index is 5.82. The smallest absolute Gasteiger partial charge is 0.270 e. The average molecular weight is 287 g/mol. The fraction of sp³-hybridized carbons (Fsp3) is 0.143. The molecule has 3 rings (SSSR count). The predicted molar refractivity (Wildman–Crippen MR) is 77.7 cm³/mol. The number of thiophene rings is 1. The van der Waals surface area contributed by atoms with Crippen molar-refractivity contribution in [3.8, 4) is 16.5 Å². The summed E-state index contributed by atoms with van der Waals surface area (Å²) in [5.41, 5.74) is 6.47. The highest BCUT2D eigenvalue weighted by molar-refractivity contribution is 7.14. The van der Waals surface area contributed by atoms with E-state index in [1.165, 1.54) is 11.3 Å². The van der Waals surface area contributed by atoms with Crippen LogP contribution < -0.4 is 10.5 Å². The Hall–Kier alpha value is -2.34. The van der Waals surface area contributed by atoms with Crippen molar-refractivity contribution in [2.24, 2.45) is 0 Å². The third-order valence-electron chi connectivity index (χ3n) is 2.70. The minimum absolute atomic E-state index is 0.465. The summed E-state index contributed by atoms with van der Waals surface area (Å²) >= 11 is 1.48. The molecule has 0 radical (unpaired) electrons. The molecule has 0 aliphatic heterocycles. The monoisotopic (exact) mass is 287 g/mol. The van der Waals surface area contributed by atoms with Crippen molar-refractivity contribution in [3.05, 3.63) is 47.6 Å². The molecule has 0 bridgehead atoms. The van der Waals surface area contributed by atoms with E-state index in [0.29, 0.717) is 30.4 Å². The standard InChI is InChI=1S/C14H13N3O2S/c15-11-7-9-20-13(11)14-16-12(17-19-14)6-8-18-10-4-2-1-3-5-10/h1-5,7,9H,6,8,15H2. The normalized spacial score (nSPS) is 10.6. The summed E-state index contributed by atoms with van der Waals surface area (Å²) in [6, 6.07) is 11.5. The molecule has 20 heavy (non-hydrogen) atoms. The second-order valence-corrected chi connectivity index (χ2v) is 5.05. The molecule has 0 unspecified atom stereocenters. The molecule has 0 aliphatic rings. The van der Waals surface area contributed by atoms with Gasteiger partial charge in [-0.05, 0) is 23.6 Å². The van der Waals surface area contributed by atoms with Gasteiger partial charge in [0.1, 0.15) is 10.6 Å². The molecule has 6 heteroatoms. The van der Waals surface area contributed by atoms with Gasteiger partial charge in [0, 0.05) is 6.42 Å². The molecule has 3 aromatic rings. The topological polar surface area (TPSA) is 74.2 Å². The van der Waals surface area contributed by atoms with E-state index in [1.54, 1.807) is 0 Å². The minimum Gasteiger partial charge on any atom is -0.493 e. The molecule has 2 heterocycles. The van der Waals surface area contributed by atoms with Crippen LogP contribution >= 0.6 is 11.3 Å². The molecule has 2 aromatic heterocycles. The van der Waals surface area contributed by atoms with Gasteiger partial charge in [0.2, 0.25) is 0 Å². The fourth-order valence-electron chi connectivity index (χ4n) is 1.72. The van der Waals surface area contributed by atoms with E-state index in [1.807, 2.05) is 41.8 Å². The predicted octanol–water partition coefficient (Wildman–Crippen LogP) is 3.00. The van der Waals surface area contributed by atoms with E-state index < -0.39 is 0 Å². The van der Waals surface area contributed by atoms with Gasteiger partial charge in [0.25, 0.3) is 5.89 Å². The lowest BCUT2D eigenvalue weighted by Crippen LogP contribution is -2.02. The lowest BCUT2D eigenvalue weighted by molar-refractivity contribution is 0.315. The quantitative estimate of drug-likeness (QED) is 0.780. The minimum atomic E-state index is 0.465. The maximum Gasteiger partial charge on any atom is 0.270 e. The number of ether oxygens (including phenoxy) is 1. The highest BCUT2D eigenvalue weighted by Gasteiger charge is 2.12. The molecule has 0 amide bonds. The highest BCUT2D eigenvalue weighted by atomic mass is 32.1. The molecule has 1 aromatic carbocycles. The van der Waals surface area contributed by atoms with Crippen LogP contribution in [0.4, 0.5) is 5.69 Å². The van der Waals surface area contributed by atoms with Crippen LogP contribution in [0.25, 0.3) is 10.8 Å². The number of rotatable bonds is 5. The van der Waals surface area contributed by atoms with Crippen molar-refractivity contribution in [1.82, 2.24) is 10.1 Å². The number of nitrogen functional groups attached to an aromatic ring is 1. The van der Waals surface area contributed by atoms with Gasteiger partial charge in [-0.3, -0.25) is 0 Å². The van der Waals surface area contributed by atoms with E-state index in [0.717, 1.165) is 10.6 Å². The van der Waals surface area contributed by atoms with Gasteiger partial charge in [0.05, 0.1) is 12.3 Å². The van der Waals surface area contributed by atoms with E-state index in [9.17, 15) is 0 Å². The van der Waals surface area contributed by atoms with Crippen LogP contribution in [-0.2, 0) is 6.42 Å². The van der Waals surface area contributed by atoms with Crippen LogP contribution in [0.5, 0.6) is 5.75 Å². The lowest BCUT2D eigenvalue weighted by atomic mass is 10.3. The molecule has 0 atom stereocenters. The molecular weight excluding hydrogens is 274 g/mol. The van der Waals surface area contributed by atoms with Crippen molar-refractivity contribution in [2.45, 2.75) is 6.42 Å². The fourth-order valence-corrected chi connectivity index (χ4v) is 2.46. The van der Waals surface area contributed by atoms with Gasteiger partial charge < -0.3 is 15.0 Å². The summed E-state index contributed by atoms with van der Waals surface area (Å²) in [5.74, 6) is 1.91. The number of hydrogen-bond donors (Lipinski definition) is 1. The van der Waals surface area contributed by atoms with E-state index in [2.05, 4.69) is 10.1 Å². The summed E-state index contributed by atoms with van der Waals surface area (Å²) < 4.78 is 10.8. The van der Waals surface area contributed by atoms with Crippen molar-refractivity contribution in [1.29, 1.82) is 0 Å². The Bertz CT molecular complexity index is 679. The van der Waals surface area contributed by atoms with E-state index in [-0.39, 0.29) is 0 Å². The highest BCUT2D eigenvalue weighted by Crippen LogP contribution is 2.29. The van der Waals surface area contributed by atoms with Gasteiger partial charge in [-0.15, -0.1) is 11.3 Å². The summed E-state index contributed by atoms with van der Waals surface area (Å²) in [4.78, 5) is 5.13. The molecule has 0 fully saturated rings. The van der Waals surface area contributed by atoms with Gasteiger partial charge in [0.15, 0.2) is 5.82 Å². The van der Waals surface area contributed by atoms with Crippen molar-refractivity contribution >= 4 is 17.0 Å². The Morgan fingerprint density at radius 3 is 2.80 bits per heavy atom. The second kappa shape index (κ2) is 5.75. The van der Waals surface area contributed by atoms with E-state index in [4.69, 9.17) is 15.0 Å². The molecule has 0 saturated carbocycles. The van der Waals surface area contributed by atoms with Crippen LogP contribution in [-0.4, -0.2) is 16.7 Å². The first-order valence-corrected chi connectivity index (χ1v) is 7.04. The van der Waals surface area contributed by atoms with Crippen LogP contribution in [0, 0.1) is 0 Å². The Balaban J connectivity index is 1.59.